The summed E-state index contributed by atoms with van der Waals surface area (Å²) in [5, 5.41) is 0. The smallest absolute Gasteiger partial charge is 0.802 e. The summed E-state index contributed by atoms with van der Waals surface area (Å²) in [6.45, 7) is 1.16. The molecular formula is CH4NaO2P. The number of rotatable bonds is 0. The summed E-state index contributed by atoms with van der Waals surface area (Å²) < 4.78 is 9.07. The molecule has 0 aromatic rings. The van der Waals surface area contributed by atoms with Gasteiger partial charge in [-0.25, -0.2) is 0 Å². The third-order valence-corrected chi connectivity index (χ3v) is 0. The molecule has 0 fully saturated rings. The minimum atomic E-state index is -2.38. The Bertz CT molecular complexity index is 32.6. The first-order valence-corrected chi connectivity index (χ1v) is 2.72. The van der Waals surface area contributed by atoms with Crippen molar-refractivity contribution in [3.05, 3.63) is 0 Å². The Balaban J connectivity index is 0. The second-order valence-corrected chi connectivity index (χ2v) is 1.47. The van der Waals surface area contributed by atoms with Crippen molar-refractivity contribution in [3.63, 3.8) is 0 Å². The van der Waals surface area contributed by atoms with Gasteiger partial charge in [-0.1, -0.05) is 0 Å². The van der Waals surface area contributed by atoms with E-state index in [-0.39, 0.29) is 29.6 Å². The Hall–Kier alpha value is 1.19. The van der Waals surface area contributed by atoms with Crippen molar-refractivity contribution in [2.24, 2.45) is 0 Å². The van der Waals surface area contributed by atoms with Crippen molar-refractivity contribution in [3.8, 4) is 0 Å². The molecule has 0 spiro atoms. The molecule has 26 valence electrons. The maximum absolute atomic E-state index is 9.07. The molecule has 0 amide bonds. The van der Waals surface area contributed by atoms with E-state index in [4.69, 9.17) is 9.46 Å². The summed E-state index contributed by atoms with van der Waals surface area (Å²) in [6.07, 6.45) is 0. The van der Waals surface area contributed by atoms with Gasteiger partial charge in [0.15, 0.2) is 0 Å². The van der Waals surface area contributed by atoms with E-state index in [1.54, 1.807) is 0 Å². The molecule has 2 nitrogen and oxygen atoms in total. The molecule has 5 heavy (non-hydrogen) atoms. The molecule has 0 aliphatic heterocycles. The molecule has 0 heterocycles. The third kappa shape index (κ3) is 37.3. The van der Waals surface area contributed by atoms with E-state index in [0.29, 0.717) is 0 Å². The van der Waals surface area contributed by atoms with Gasteiger partial charge in [0, 0.05) is 0 Å². The van der Waals surface area contributed by atoms with Crippen LogP contribution in [0.25, 0.3) is 0 Å². The van der Waals surface area contributed by atoms with Gasteiger partial charge in [-0.15, -0.1) is 0 Å². The fourth-order valence-electron chi connectivity index (χ4n) is 0. The molecule has 0 aromatic heterocycles. The molecule has 0 radical (unpaired) electrons. The van der Waals surface area contributed by atoms with E-state index in [1.807, 2.05) is 0 Å². The average molecular weight is 102 g/mol. The van der Waals surface area contributed by atoms with Gasteiger partial charge in [-0.05, 0) is 14.7 Å². The van der Waals surface area contributed by atoms with Crippen LogP contribution in [0.1, 0.15) is 0 Å². The van der Waals surface area contributed by atoms with Gasteiger partial charge >= 0.3 is 29.6 Å². The number of hydrogen-bond donors (Lipinski definition) is 0. The van der Waals surface area contributed by atoms with E-state index >= 15 is 0 Å². The van der Waals surface area contributed by atoms with Crippen molar-refractivity contribution in [2.75, 3.05) is 6.66 Å². The van der Waals surface area contributed by atoms with Crippen LogP contribution >= 0.6 is 8.03 Å². The first kappa shape index (κ1) is 9.50. The van der Waals surface area contributed by atoms with E-state index < -0.39 is 8.03 Å². The molecule has 0 aromatic carbocycles. The van der Waals surface area contributed by atoms with Gasteiger partial charge in [-0.2, -0.15) is 0 Å². The van der Waals surface area contributed by atoms with Crippen molar-refractivity contribution in [1.29, 1.82) is 0 Å². The van der Waals surface area contributed by atoms with Crippen LogP contribution in [0.15, 0.2) is 0 Å². The molecule has 0 rings (SSSR count). The SMILES string of the molecule is C[PH](=O)[O-].[Na+]. The van der Waals surface area contributed by atoms with Crippen molar-refractivity contribution in [2.45, 2.75) is 0 Å². The van der Waals surface area contributed by atoms with Gasteiger partial charge in [0.05, 0.1) is 0 Å². The molecule has 0 saturated heterocycles. The first-order valence-electron chi connectivity index (χ1n) is 0.908. The fraction of sp³-hybridized carbons (Fsp3) is 1.00. The Morgan fingerprint density at radius 3 is 1.80 bits per heavy atom. The fourth-order valence-corrected chi connectivity index (χ4v) is 0. The largest absolute Gasteiger partial charge is 1.00 e. The Morgan fingerprint density at radius 1 is 1.80 bits per heavy atom. The van der Waals surface area contributed by atoms with E-state index in [9.17, 15) is 0 Å². The minimum Gasteiger partial charge on any atom is -0.802 e. The molecule has 1 atom stereocenters. The van der Waals surface area contributed by atoms with Crippen molar-refractivity contribution >= 4 is 8.03 Å². The van der Waals surface area contributed by atoms with Crippen LogP contribution < -0.4 is 34.5 Å². The predicted molar refractivity (Wildman–Crippen MR) is 14.9 cm³/mol. The molecule has 0 bridgehead atoms. The zero-order chi connectivity index (χ0) is 3.58. The van der Waals surface area contributed by atoms with Crippen LogP contribution in [0, 0.1) is 0 Å². The van der Waals surface area contributed by atoms with E-state index in [0.717, 1.165) is 6.66 Å². The van der Waals surface area contributed by atoms with Crippen molar-refractivity contribution < 1.29 is 39.0 Å². The average Bonchev–Trinajstić information content (AvgIpc) is 0.811. The molecule has 0 N–H and O–H groups in total. The van der Waals surface area contributed by atoms with Crippen LogP contribution in [-0.4, -0.2) is 6.66 Å². The molecular weight excluding hydrogens is 98.0 g/mol. The molecule has 0 aliphatic carbocycles. The second-order valence-electron chi connectivity index (χ2n) is 0.492. The van der Waals surface area contributed by atoms with Gasteiger partial charge < -0.3 is 9.46 Å². The first-order chi connectivity index (χ1) is 1.73. The van der Waals surface area contributed by atoms with E-state index in [2.05, 4.69) is 0 Å². The zero-order valence-corrected chi connectivity index (χ0v) is 6.32. The summed E-state index contributed by atoms with van der Waals surface area (Å²) in [7, 11) is -2.38. The normalized spacial score (nSPS) is 12.4. The topological polar surface area (TPSA) is 40.1 Å². The Labute approximate surface area is 53.7 Å². The monoisotopic (exact) mass is 102 g/mol. The maximum Gasteiger partial charge on any atom is 1.00 e. The minimum absolute atomic E-state index is 0. The zero-order valence-electron chi connectivity index (χ0n) is 3.32. The van der Waals surface area contributed by atoms with Gasteiger partial charge in [-0.3, -0.25) is 0 Å². The van der Waals surface area contributed by atoms with Crippen molar-refractivity contribution in [1.82, 2.24) is 0 Å². The molecule has 1 unspecified atom stereocenters. The quantitative estimate of drug-likeness (QED) is 0.235. The standard InChI is InChI=1S/CH5O2P.Na/c1-4(2)3;/h4H,1H3,(H,2,3);/q;+1/p-1. The summed E-state index contributed by atoms with van der Waals surface area (Å²) in [5.41, 5.74) is 0. The van der Waals surface area contributed by atoms with Crippen LogP contribution in [0.4, 0.5) is 0 Å². The van der Waals surface area contributed by atoms with E-state index in [1.165, 1.54) is 0 Å². The molecule has 4 heteroatoms. The van der Waals surface area contributed by atoms with Gasteiger partial charge in [0.2, 0.25) is 0 Å². The van der Waals surface area contributed by atoms with Crippen LogP contribution in [0.3, 0.4) is 0 Å². The van der Waals surface area contributed by atoms with Crippen LogP contribution in [0.2, 0.25) is 0 Å². The third-order valence-electron chi connectivity index (χ3n) is 0. The van der Waals surface area contributed by atoms with Gasteiger partial charge in [0.1, 0.15) is 0 Å². The van der Waals surface area contributed by atoms with Crippen LogP contribution in [0.5, 0.6) is 0 Å². The predicted octanol–water partition coefficient (Wildman–Crippen LogP) is -3.54. The summed E-state index contributed by atoms with van der Waals surface area (Å²) in [6, 6.07) is 0. The summed E-state index contributed by atoms with van der Waals surface area (Å²) >= 11 is 0. The molecule has 0 saturated carbocycles. The summed E-state index contributed by atoms with van der Waals surface area (Å²) in [4.78, 5) is 9.07. The number of hydrogen-bond acceptors (Lipinski definition) is 2. The maximum atomic E-state index is 9.07. The molecule has 0 aliphatic rings. The van der Waals surface area contributed by atoms with Crippen LogP contribution in [-0.2, 0) is 4.57 Å². The Kier molecular flexibility index (Phi) is 9.86. The summed E-state index contributed by atoms with van der Waals surface area (Å²) in [5.74, 6) is 0. The second kappa shape index (κ2) is 5.19. The van der Waals surface area contributed by atoms with Gasteiger partial charge in [0.25, 0.3) is 0 Å². The Morgan fingerprint density at radius 2 is 1.80 bits per heavy atom.